The fourth-order valence-corrected chi connectivity index (χ4v) is 1.51. The summed E-state index contributed by atoms with van der Waals surface area (Å²) in [4.78, 5) is 11.8. The highest BCUT2D eigenvalue weighted by Gasteiger charge is 2.13. The van der Waals surface area contributed by atoms with E-state index < -0.39 is 0 Å². The number of carbonyl (C=O) groups excluding carboxylic acids is 1. The van der Waals surface area contributed by atoms with Crippen LogP contribution in [0.15, 0.2) is 24.3 Å². The van der Waals surface area contributed by atoms with Crippen molar-refractivity contribution < 1.29 is 4.79 Å². The van der Waals surface area contributed by atoms with Crippen LogP contribution in [-0.2, 0) is 11.2 Å². The van der Waals surface area contributed by atoms with Gasteiger partial charge in [-0.2, -0.15) is 0 Å². The second-order valence-electron chi connectivity index (χ2n) is 4.38. The van der Waals surface area contributed by atoms with Crippen molar-refractivity contribution in [1.29, 1.82) is 0 Å². The molecule has 90 valence electrons. The van der Waals surface area contributed by atoms with Gasteiger partial charge in [-0.1, -0.05) is 31.9 Å². The molecule has 0 radical (unpaired) electrons. The van der Waals surface area contributed by atoms with E-state index >= 15 is 0 Å². The predicted octanol–water partition coefficient (Wildman–Crippen LogP) is 1.59. The van der Waals surface area contributed by atoms with Crippen molar-refractivity contribution in [3.8, 4) is 12.3 Å². The number of terminal acetylenes is 1. The number of hydrogen-bond acceptors (Lipinski definition) is 2. The fourth-order valence-electron chi connectivity index (χ4n) is 1.51. The lowest BCUT2D eigenvalue weighted by Crippen LogP contribution is -2.38. The van der Waals surface area contributed by atoms with Crippen molar-refractivity contribution in [3.63, 3.8) is 0 Å². The third-order valence-electron chi connectivity index (χ3n) is 2.48. The molecule has 0 aliphatic rings. The molecule has 1 atom stereocenters. The molecule has 0 saturated heterocycles. The van der Waals surface area contributed by atoms with E-state index in [9.17, 15) is 4.79 Å². The van der Waals surface area contributed by atoms with Gasteiger partial charge in [0.05, 0.1) is 12.5 Å². The number of nitrogen functional groups attached to an aromatic ring is 1. The summed E-state index contributed by atoms with van der Waals surface area (Å²) in [7, 11) is 0. The molecule has 3 nitrogen and oxygen atoms in total. The van der Waals surface area contributed by atoms with E-state index in [0.29, 0.717) is 12.1 Å². The van der Waals surface area contributed by atoms with Crippen LogP contribution in [0.2, 0.25) is 0 Å². The minimum atomic E-state index is -0.219. The number of anilines is 1. The van der Waals surface area contributed by atoms with Gasteiger partial charge in [0, 0.05) is 5.69 Å². The molecule has 3 heteroatoms. The average molecular weight is 230 g/mol. The minimum Gasteiger partial charge on any atom is -0.399 e. The summed E-state index contributed by atoms with van der Waals surface area (Å²) in [5, 5.41) is 2.82. The molecular weight excluding hydrogens is 212 g/mol. The fraction of sp³-hybridized carbons (Fsp3) is 0.357. The van der Waals surface area contributed by atoms with Gasteiger partial charge in [0.15, 0.2) is 0 Å². The molecule has 0 saturated carbocycles. The molecule has 0 heterocycles. The lowest BCUT2D eigenvalue weighted by atomic mass is 10.0. The maximum atomic E-state index is 11.8. The Labute approximate surface area is 102 Å². The first-order valence-corrected chi connectivity index (χ1v) is 5.63. The van der Waals surface area contributed by atoms with Crippen molar-refractivity contribution >= 4 is 11.6 Å². The number of nitrogens with two attached hydrogens (primary N) is 1. The van der Waals surface area contributed by atoms with Crippen LogP contribution in [0.5, 0.6) is 0 Å². The van der Waals surface area contributed by atoms with Crippen molar-refractivity contribution in [2.45, 2.75) is 26.3 Å². The van der Waals surface area contributed by atoms with Gasteiger partial charge < -0.3 is 11.1 Å². The third kappa shape index (κ3) is 4.20. The number of benzene rings is 1. The molecule has 1 rings (SSSR count). The van der Waals surface area contributed by atoms with E-state index in [-0.39, 0.29) is 17.9 Å². The summed E-state index contributed by atoms with van der Waals surface area (Å²) < 4.78 is 0. The standard InChI is InChI=1S/C14H18N2O/c1-4-13(10(2)3)16-14(17)9-11-6-5-7-12(15)8-11/h1,5-8,10,13H,9,15H2,2-3H3,(H,16,17). The third-order valence-corrected chi connectivity index (χ3v) is 2.48. The average Bonchev–Trinajstić information content (AvgIpc) is 2.25. The Morgan fingerprint density at radius 1 is 1.53 bits per heavy atom. The Balaban J connectivity index is 2.59. The molecular formula is C14H18N2O. The minimum absolute atomic E-state index is 0.0766. The normalized spacial score (nSPS) is 11.9. The first-order valence-electron chi connectivity index (χ1n) is 5.63. The quantitative estimate of drug-likeness (QED) is 0.609. The molecule has 17 heavy (non-hydrogen) atoms. The maximum Gasteiger partial charge on any atom is 0.225 e. The molecule has 1 aromatic carbocycles. The Morgan fingerprint density at radius 2 is 2.24 bits per heavy atom. The van der Waals surface area contributed by atoms with Crippen LogP contribution in [0.4, 0.5) is 5.69 Å². The van der Waals surface area contributed by atoms with E-state index in [4.69, 9.17) is 12.2 Å². The lowest BCUT2D eigenvalue weighted by molar-refractivity contribution is -0.121. The zero-order chi connectivity index (χ0) is 12.8. The van der Waals surface area contributed by atoms with Crippen LogP contribution < -0.4 is 11.1 Å². The second kappa shape index (κ2) is 5.95. The second-order valence-corrected chi connectivity index (χ2v) is 4.38. The summed E-state index contributed by atoms with van der Waals surface area (Å²) in [6, 6.07) is 7.07. The highest BCUT2D eigenvalue weighted by Crippen LogP contribution is 2.07. The Morgan fingerprint density at radius 3 is 2.76 bits per heavy atom. The van der Waals surface area contributed by atoms with Gasteiger partial charge in [-0.05, 0) is 23.6 Å². The van der Waals surface area contributed by atoms with Gasteiger partial charge >= 0.3 is 0 Å². The molecule has 0 aliphatic carbocycles. The van der Waals surface area contributed by atoms with Gasteiger partial charge in [0.1, 0.15) is 0 Å². The van der Waals surface area contributed by atoms with E-state index in [2.05, 4.69) is 11.2 Å². The van der Waals surface area contributed by atoms with Gasteiger partial charge in [-0.25, -0.2) is 0 Å². The first-order chi connectivity index (χ1) is 8.02. The predicted molar refractivity (Wildman–Crippen MR) is 70.2 cm³/mol. The smallest absolute Gasteiger partial charge is 0.225 e. The van der Waals surface area contributed by atoms with Crippen molar-refractivity contribution in [1.82, 2.24) is 5.32 Å². The van der Waals surface area contributed by atoms with Crippen LogP contribution in [-0.4, -0.2) is 11.9 Å². The molecule has 3 N–H and O–H groups in total. The lowest BCUT2D eigenvalue weighted by Gasteiger charge is -2.16. The summed E-state index contributed by atoms with van der Waals surface area (Å²) >= 11 is 0. The molecule has 1 amide bonds. The number of nitrogens with one attached hydrogen (secondary N) is 1. The largest absolute Gasteiger partial charge is 0.399 e. The number of carbonyl (C=O) groups is 1. The van der Waals surface area contributed by atoms with Crippen molar-refractivity contribution in [2.24, 2.45) is 5.92 Å². The van der Waals surface area contributed by atoms with Crippen LogP contribution >= 0.6 is 0 Å². The van der Waals surface area contributed by atoms with Gasteiger partial charge in [0.2, 0.25) is 5.91 Å². The summed E-state index contributed by atoms with van der Waals surface area (Å²) in [6.07, 6.45) is 5.66. The molecule has 1 aromatic rings. The van der Waals surface area contributed by atoms with Crippen LogP contribution in [0.25, 0.3) is 0 Å². The Hall–Kier alpha value is -1.95. The number of rotatable bonds is 4. The van der Waals surface area contributed by atoms with Crippen molar-refractivity contribution in [3.05, 3.63) is 29.8 Å². The summed E-state index contributed by atoms with van der Waals surface area (Å²) in [5.41, 5.74) is 7.20. The van der Waals surface area contributed by atoms with Crippen molar-refractivity contribution in [2.75, 3.05) is 5.73 Å². The summed E-state index contributed by atoms with van der Waals surface area (Å²) in [6.45, 7) is 3.95. The highest BCUT2D eigenvalue weighted by atomic mass is 16.1. The number of amides is 1. The summed E-state index contributed by atoms with van der Waals surface area (Å²) in [5.74, 6) is 2.72. The topological polar surface area (TPSA) is 55.1 Å². The van der Waals surface area contributed by atoms with Gasteiger partial charge in [-0.15, -0.1) is 6.42 Å². The molecule has 0 aromatic heterocycles. The van der Waals surface area contributed by atoms with Gasteiger partial charge in [0.25, 0.3) is 0 Å². The van der Waals surface area contributed by atoms with Crippen LogP contribution in [0, 0.1) is 18.3 Å². The highest BCUT2D eigenvalue weighted by molar-refractivity contribution is 5.79. The van der Waals surface area contributed by atoms with Gasteiger partial charge in [-0.3, -0.25) is 4.79 Å². The molecule has 1 unspecified atom stereocenters. The van der Waals surface area contributed by atoms with Crippen LogP contribution in [0.3, 0.4) is 0 Å². The Kier molecular flexibility index (Phi) is 4.59. The van der Waals surface area contributed by atoms with E-state index in [0.717, 1.165) is 5.56 Å². The SMILES string of the molecule is C#CC(NC(=O)Cc1cccc(N)c1)C(C)C. The molecule has 0 spiro atoms. The van der Waals surface area contributed by atoms with Crippen LogP contribution in [0.1, 0.15) is 19.4 Å². The first kappa shape index (κ1) is 13.1. The molecule has 0 aliphatic heterocycles. The monoisotopic (exact) mass is 230 g/mol. The molecule has 0 fully saturated rings. The molecule has 0 bridgehead atoms. The van der Waals surface area contributed by atoms with E-state index in [1.165, 1.54) is 0 Å². The van der Waals surface area contributed by atoms with E-state index in [1.807, 2.05) is 26.0 Å². The van der Waals surface area contributed by atoms with E-state index in [1.54, 1.807) is 12.1 Å². The number of hydrogen-bond donors (Lipinski definition) is 2. The Bertz CT molecular complexity index is 432. The maximum absolute atomic E-state index is 11.8. The zero-order valence-corrected chi connectivity index (χ0v) is 10.2. The zero-order valence-electron chi connectivity index (χ0n) is 10.2.